The highest BCUT2D eigenvalue weighted by atomic mass is 35.5. The van der Waals surface area contributed by atoms with Crippen LogP contribution in [0.15, 0.2) is 0 Å². The van der Waals surface area contributed by atoms with Gasteiger partial charge in [-0.25, -0.2) is 0 Å². The van der Waals surface area contributed by atoms with Crippen molar-refractivity contribution in [3.05, 3.63) is 0 Å². The lowest BCUT2D eigenvalue weighted by molar-refractivity contribution is -0.914. The highest BCUT2D eigenvalue weighted by Crippen LogP contribution is 2.17. The van der Waals surface area contributed by atoms with E-state index in [9.17, 15) is 0 Å². The highest BCUT2D eigenvalue weighted by molar-refractivity contribution is 4.52. The summed E-state index contributed by atoms with van der Waals surface area (Å²) in [5.74, 6) is 0. The van der Waals surface area contributed by atoms with E-state index in [2.05, 4.69) is 14.0 Å². The second-order valence-electron chi connectivity index (χ2n) is 5.27. The SMILES string of the molecule is CCCCCCC[N+]1(C)CCCCC1.[Cl-]. The van der Waals surface area contributed by atoms with Crippen molar-refractivity contribution in [3.63, 3.8) is 0 Å². The normalized spacial score (nSPS) is 19.6. The van der Waals surface area contributed by atoms with E-state index in [1.165, 1.54) is 75.5 Å². The van der Waals surface area contributed by atoms with Crippen molar-refractivity contribution in [2.45, 2.75) is 58.3 Å². The highest BCUT2D eigenvalue weighted by Gasteiger charge is 2.23. The van der Waals surface area contributed by atoms with E-state index in [1.54, 1.807) is 0 Å². The van der Waals surface area contributed by atoms with E-state index < -0.39 is 0 Å². The van der Waals surface area contributed by atoms with Crippen LogP contribution in [0.2, 0.25) is 0 Å². The molecule has 1 rings (SSSR count). The van der Waals surface area contributed by atoms with Crippen LogP contribution in [0.25, 0.3) is 0 Å². The van der Waals surface area contributed by atoms with Crippen LogP contribution in [0.5, 0.6) is 0 Å². The Morgan fingerprint density at radius 2 is 1.47 bits per heavy atom. The fourth-order valence-corrected chi connectivity index (χ4v) is 2.60. The molecular formula is C13H28ClN. The number of hydrogen-bond donors (Lipinski definition) is 0. The van der Waals surface area contributed by atoms with Crippen LogP contribution in [0.1, 0.15) is 58.3 Å². The first-order valence-corrected chi connectivity index (χ1v) is 6.60. The second kappa shape index (κ2) is 8.41. The third-order valence-corrected chi connectivity index (χ3v) is 3.70. The Kier molecular flexibility index (Phi) is 8.55. The maximum absolute atomic E-state index is 2.46. The standard InChI is InChI=1S/C13H28N.ClH/c1-3-4-5-6-8-11-14(2)12-9-7-10-13-14;/h3-13H2,1-2H3;1H/q+1;/p-1. The zero-order valence-electron chi connectivity index (χ0n) is 10.6. The van der Waals surface area contributed by atoms with Gasteiger partial charge in [0.25, 0.3) is 0 Å². The van der Waals surface area contributed by atoms with Crippen LogP contribution in [0, 0.1) is 0 Å². The van der Waals surface area contributed by atoms with Gasteiger partial charge in [-0.15, -0.1) is 0 Å². The largest absolute Gasteiger partial charge is 1.00 e. The molecule has 0 aromatic heterocycles. The molecule has 0 aromatic rings. The molecule has 15 heavy (non-hydrogen) atoms. The summed E-state index contributed by atoms with van der Waals surface area (Å²) in [6.07, 6.45) is 11.6. The van der Waals surface area contributed by atoms with E-state index in [1.807, 2.05) is 0 Å². The first kappa shape index (κ1) is 15.2. The smallest absolute Gasteiger partial charge is 0.0784 e. The summed E-state index contributed by atoms with van der Waals surface area (Å²) in [5, 5.41) is 0. The molecule has 0 aromatic carbocycles. The number of quaternary nitrogens is 1. The first-order chi connectivity index (χ1) is 6.77. The van der Waals surface area contributed by atoms with Gasteiger partial charge in [0.2, 0.25) is 0 Å². The minimum absolute atomic E-state index is 0. The van der Waals surface area contributed by atoms with Crippen LogP contribution < -0.4 is 12.4 Å². The summed E-state index contributed by atoms with van der Waals surface area (Å²) in [4.78, 5) is 0. The molecular weight excluding hydrogens is 206 g/mol. The first-order valence-electron chi connectivity index (χ1n) is 6.60. The maximum Gasteiger partial charge on any atom is 0.0784 e. The van der Waals surface area contributed by atoms with Gasteiger partial charge in [-0.1, -0.05) is 26.2 Å². The summed E-state index contributed by atoms with van der Waals surface area (Å²) in [6, 6.07) is 0. The van der Waals surface area contributed by atoms with Gasteiger partial charge in [-0.3, -0.25) is 0 Å². The van der Waals surface area contributed by atoms with Crippen LogP contribution in [0.4, 0.5) is 0 Å². The van der Waals surface area contributed by atoms with Gasteiger partial charge in [-0.2, -0.15) is 0 Å². The molecule has 0 N–H and O–H groups in total. The van der Waals surface area contributed by atoms with Crippen LogP contribution in [0.3, 0.4) is 0 Å². The van der Waals surface area contributed by atoms with Crippen molar-refractivity contribution >= 4 is 0 Å². The van der Waals surface area contributed by atoms with Crippen LogP contribution >= 0.6 is 0 Å². The van der Waals surface area contributed by atoms with Crippen LogP contribution in [-0.4, -0.2) is 31.2 Å². The summed E-state index contributed by atoms with van der Waals surface area (Å²) >= 11 is 0. The maximum atomic E-state index is 2.46. The molecule has 0 unspecified atom stereocenters. The summed E-state index contributed by atoms with van der Waals surface area (Å²) in [7, 11) is 2.46. The Labute approximate surface area is 102 Å². The zero-order valence-corrected chi connectivity index (χ0v) is 11.4. The van der Waals surface area contributed by atoms with Crippen molar-refractivity contribution in [2.75, 3.05) is 26.7 Å². The number of rotatable bonds is 6. The van der Waals surface area contributed by atoms with Gasteiger partial charge in [0.15, 0.2) is 0 Å². The van der Waals surface area contributed by atoms with Gasteiger partial charge < -0.3 is 16.9 Å². The zero-order chi connectivity index (χ0) is 10.3. The molecule has 0 spiro atoms. The quantitative estimate of drug-likeness (QED) is 0.466. The molecule has 0 saturated carbocycles. The molecule has 2 heteroatoms. The van der Waals surface area contributed by atoms with Crippen molar-refractivity contribution in [3.8, 4) is 0 Å². The third kappa shape index (κ3) is 6.42. The van der Waals surface area contributed by atoms with Crippen molar-refractivity contribution in [1.82, 2.24) is 0 Å². The van der Waals surface area contributed by atoms with Gasteiger partial charge in [0.1, 0.15) is 0 Å². The average Bonchev–Trinajstić information content (AvgIpc) is 2.18. The molecule has 0 bridgehead atoms. The minimum Gasteiger partial charge on any atom is -1.00 e. The molecule has 0 aliphatic carbocycles. The topological polar surface area (TPSA) is 0 Å². The molecule has 1 fully saturated rings. The Morgan fingerprint density at radius 1 is 0.867 bits per heavy atom. The van der Waals surface area contributed by atoms with Crippen LogP contribution in [-0.2, 0) is 0 Å². The number of halogens is 1. The molecule has 1 aliphatic heterocycles. The molecule has 1 saturated heterocycles. The van der Waals surface area contributed by atoms with E-state index in [-0.39, 0.29) is 12.4 Å². The predicted octanol–water partition coefficient (Wildman–Crippen LogP) is 0.591. The van der Waals surface area contributed by atoms with Gasteiger partial charge >= 0.3 is 0 Å². The number of unbranched alkanes of at least 4 members (excludes halogenated alkanes) is 4. The predicted molar refractivity (Wildman–Crippen MR) is 63.4 cm³/mol. The molecule has 0 atom stereocenters. The fourth-order valence-electron chi connectivity index (χ4n) is 2.60. The molecule has 1 heterocycles. The lowest BCUT2D eigenvalue weighted by atomic mass is 10.1. The molecule has 0 radical (unpaired) electrons. The average molecular weight is 234 g/mol. The number of nitrogens with zero attached hydrogens (tertiary/aromatic N) is 1. The van der Waals surface area contributed by atoms with E-state index in [4.69, 9.17) is 0 Å². The number of piperidine rings is 1. The monoisotopic (exact) mass is 233 g/mol. The second-order valence-corrected chi connectivity index (χ2v) is 5.27. The number of hydrogen-bond acceptors (Lipinski definition) is 0. The molecule has 1 nitrogen and oxygen atoms in total. The molecule has 0 amide bonds. The van der Waals surface area contributed by atoms with Crippen molar-refractivity contribution < 1.29 is 16.9 Å². The van der Waals surface area contributed by atoms with E-state index >= 15 is 0 Å². The molecule has 1 aliphatic rings. The summed E-state index contributed by atoms with van der Waals surface area (Å²) in [5.41, 5.74) is 0. The van der Waals surface area contributed by atoms with Gasteiger partial charge in [0, 0.05) is 0 Å². The Balaban J connectivity index is 0.00000196. The Morgan fingerprint density at radius 3 is 2.07 bits per heavy atom. The van der Waals surface area contributed by atoms with Crippen molar-refractivity contribution in [1.29, 1.82) is 0 Å². The summed E-state index contributed by atoms with van der Waals surface area (Å²) < 4.78 is 1.37. The lowest BCUT2D eigenvalue weighted by Gasteiger charge is -2.37. The van der Waals surface area contributed by atoms with E-state index in [0.717, 1.165) is 0 Å². The number of likely N-dealkylation sites (tertiary alicyclic amines) is 1. The third-order valence-electron chi connectivity index (χ3n) is 3.70. The summed E-state index contributed by atoms with van der Waals surface area (Å²) in [6.45, 7) is 6.60. The Hall–Kier alpha value is 0.250. The fraction of sp³-hybridized carbons (Fsp3) is 1.00. The lowest BCUT2D eigenvalue weighted by Crippen LogP contribution is -3.00. The minimum atomic E-state index is 0. The van der Waals surface area contributed by atoms with Crippen molar-refractivity contribution in [2.24, 2.45) is 0 Å². The van der Waals surface area contributed by atoms with Gasteiger partial charge in [-0.05, 0) is 32.1 Å². The molecule has 92 valence electrons. The van der Waals surface area contributed by atoms with Gasteiger partial charge in [0.05, 0.1) is 26.7 Å². The Bertz CT molecular complexity index is 141. The van der Waals surface area contributed by atoms with E-state index in [0.29, 0.717) is 0 Å².